The van der Waals surface area contributed by atoms with Crippen LogP contribution in [0.3, 0.4) is 0 Å². The second-order valence-electron chi connectivity index (χ2n) is 9.25. The fourth-order valence-corrected chi connectivity index (χ4v) is 5.55. The maximum Gasteiger partial charge on any atom is 0.123 e. The molecule has 6 rings (SSSR count). The number of halogens is 1. The van der Waals surface area contributed by atoms with Gasteiger partial charge in [0.15, 0.2) is 0 Å². The van der Waals surface area contributed by atoms with Crippen LogP contribution in [0.15, 0.2) is 55.1 Å². The molecular weight excluding hydrogens is 389 g/mol. The van der Waals surface area contributed by atoms with Gasteiger partial charge in [0.05, 0.1) is 35.4 Å². The Bertz CT molecular complexity index is 1250. The Kier molecular flexibility index (Phi) is 4.53. The van der Waals surface area contributed by atoms with Crippen LogP contribution in [-0.2, 0) is 0 Å². The number of fused-ring (bicyclic) bond motifs is 2. The number of nitrogens with zero attached hydrogens (tertiary/aromatic N) is 3. The van der Waals surface area contributed by atoms with Crippen LogP contribution < -0.4 is 0 Å². The van der Waals surface area contributed by atoms with E-state index >= 15 is 0 Å². The highest BCUT2D eigenvalue weighted by Crippen LogP contribution is 2.47. The zero-order valence-electron chi connectivity index (χ0n) is 17.4. The van der Waals surface area contributed by atoms with Crippen molar-refractivity contribution in [2.24, 2.45) is 5.92 Å². The predicted octanol–water partition coefficient (Wildman–Crippen LogP) is 5.91. The van der Waals surface area contributed by atoms with E-state index in [1.165, 1.54) is 30.0 Å². The summed E-state index contributed by atoms with van der Waals surface area (Å²) in [5, 5.41) is 12.4. The number of rotatable bonds is 4. The van der Waals surface area contributed by atoms with Gasteiger partial charge in [0.1, 0.15) is 5.82 Å². The first-order chi connectivity index (χ1) is 15.2. The van der Waals surface area contributed by atoms with E-state index in [9.17, 15) is 9.50 Å². The van der Waals surface area contributed by atoms with Crippen molar-refractivity contribution in [3.05, 3.63) is 77.8 Å². The topological polar surface area (TPSA) is 50.4 Å². The molecular formula is C26H26FN3O. The molecule has 2 saturated carbocycles. The average molecular weight is 416 g/mol. The Hall–Kier alpha value is -2.79. The summed E-state index contributed by atoms with van der Waals surface area (Å²) in [4.78, 5) is 8.71. The van der Waals surface area contributed by atoms with Crippen molar-refractivity contribution in [2.75, 3.05) is 0 Å². The van der Waals surface area contributed by atoms with Gasteiger partial charge in [0.2, 0.25) is 0 Å². The van der Waals surface area contributed by atoms with Gasteiger partial charge in [-0.05, 0) is 97.7 Å². The highest BCUT2D eigenvalue weighted by molar-refractivity contribution is 5.82. The fraction of sp³-hybridized carbons (Fsp3) is 0.385. The van der Waals surface area contributed by atoms with E-state index in [2.05, 4.69) is 26.5 Å². The Morgan fingerprint density at radius 2 is 1.71 bits per heavy atom. The minimum Gasteiger partial charge on any atom is -0.387 e. The highest BCUT2D eigenvalue weighted by Gasteiger charge is 2.34. The number of aliphatic hydroxyl groups excluding tert-OH is 1. The number of benzene rings is 1. The molecule has 2 aliphatic carbocycles. The smallest absolute Gasteiger partial charge is 0.123 e. The molecule has 0 saturated heterocycles. The van der Waals surface area contributed by atoms with Crippen molar-refractivity contribution in [1.82, 2.24) is 14.4 Å². The average Bonchev–Trinajstić information content (AvgIpc) is 3.54. The van der Waals surface area contributed by atoms with Gasteiger partial charge in [-0.2, -0.15) is 0 Å². The molecule has 0 radical (unpaired) electrons. The number of aromatic nitrogens is 3. The summed E-state index contributed by atoms with van der Waals surface area (Å²) in [5.74, 6) is 0.965. The molecule has 0 spiro atoms. The van der Waals surface area contributed by atoms with Crippen molar-refractivity contribution in [3.63, 3.8) is 0 Å². The summed E-state index contributed by atoms with van der Waals surface area (Å²) >= 11 is 0. The third-order valence-corrected chi connectivity index (χ3v) is 7.35. The van der Waals surface area contributed by atoms with Crippen LogP contribution in [-0.4, -0.2) is 19.5 Å². The van der Waals surface area contributed by atoms with Crippen molar-refractivity contribution in [1.29, 1.82) is 0 Å². The molecule has 3 aromatic heterocycles. The van der Waals surface area contributed by atoms with Crippen molar-refractivity contribution < 1.29 is 9.50 Å². The van der Waals surface area contributed by atoms with Gasteiger partial charge in [-0.1, -0.05) is 6.07 Å². The molecule has 1 atom stereocenters. The molecule has 5 heteroatoms. The maximum absolute atomic E-state index is 13.9. The molecule has 2 aliphatic rings. The molecule has 0 amide bonds. The molecule has 3 heterocycles. The molecule has 4 nitrogen and oxygen atoms in total. The molecule has 1 N–H and O–H groups in total. The van der Waals surface area contributed by atoms with Crippen LogP contribution in [0.2, 0.25) is 0 Å². The second-order valence-corrected chi connectivity index (χ2v) is 9.25. The lowest BCUT2D eigenvalue weighted by Gasteiger charge is -2.33. The van der Waals surface area contributed by atoms with E-state index in [1.54, 1.807) is 12.1 Å². The third kappa shape index (κ3) is 3.32. The summed E-state index contributed by atoms with van der Waals surface area (Å²) in [6, 6.07) is 11.2. The summed E-state index contributed by atoms with van der Waals surface area (Å²) in [6.07, 6.45) is 11.4. The molecule has 4 aromatic rings. The Morgan fingerprint density at radius 1 is 0.935 bits per heavy atom. The van der Waals surface area contributed by atoms with Crippen molar-refractivity contribution in [3.8, 4) is 0 Å². The van der Waals surface area contributed by atoms with Gasteiger partial charge in [0.25, 0.3) is 0 Å². The minimum absolute atomic E-state index is 0.216. The Morgan fingerprint density at radius 3 is 2.52 bits per heavy atom. The van der Waals surface area contributed by atoms with Crippen LogP contribution in [0.4, 0.5) is 4.39 Å². The number of pyridine rings is 2. The van der Waals surface area contributed by atoms with Crippen LogP contribution in [0.1, 0.15) is 73.3 Å². The lowest BCUT2D eigenvalue weighted by molar-refractivity contribution is 0.0755. The minimum atomic E-state index is -0.485. The first kappa shape index (κ1) is 18.9. The number of aliphatic hydroxyl groups is 1. The highest BCUT2D eigenvalue weighted by atomic mass is 19.1. The summed E-state index contributed by atoms with van der Waals surface area (Å²) in [6.45, 7) is 0. The van der Waals surface area contributed by atoms with E-state index in [0.717, 1.165) is 47.8 Å². The maximum atomic E-state index is 13.9. The van der Waals surface area contributed by atoms with Gasteiger partial charge in [-0.3, -0.25) is 4.98 Å². The quantitative estimate of drug-likeness (QED) is 0.451. The Labute approximate surface area is 180 Å². The zero-order valence-corrected chi connectivity index (χ0v) is 17.4. The van der Waals surface area contributed by atoms with Gasteiger partial charge in [-0.25, -0.2) is 9.37 Å². The van der Waals surface area contributed by atoms with Crippen molar-refractivity contribution >= 4 is 16.4 Å². The third-order valence-electron chi connectivity index (χ3n) is 7.35. The summed E-state index contributed by atoms with van der Waals surface area (Å²) < 4.78 is 16.0. The Balaban J connectivity index is 1.27. The molecule has 158 valence electrons. The number of hydrogen-bond donors (Lipinski definition) is 1. The normalized spacial score (nSPS) is 22.8. The lowest BCUT2D eigenvalue weighted by Crippen LogP contribution is -2.22. The van der Waals surface area contributed by atoms with Gasteiger partial charge < -0.3 is 9.51 Å². The second kappa shape index (κ2) is 7.41. The standard InChI is InChI=1S/C26H26FN3O/c27-19-7-10-24-23(13-19)21(11-12-29-24)16-3-5-18(6-4-16)26(31)25-22(17-1-2-17)9-8-20-14-28-15-30(20)25/h7-18,26,31H,1-6H2/t16?,18?,26-/m1/s1. The van der Waals surface area contributed by atoms with Crippen LogP contribution in [0, 0.1) is 11.7 Å². The molecule has 0 aliphatic heterocycles. The van der Waals surface area contributed by atoms with Crippen LogP contribution >= 0.6 is 0 Å². The van der Waals surface area contributed by atoms with E-state index in [1.807, 2.05) is 24.8 Å². The zero-order chi connectivity index (χ0) is 20.9. The van der Waals surface area contributed by atoms with E-state index < -0.39 is 6.10 Å². The van der Waals surface area contributed by atoms with E-state index in [4.69, 9.17) is 0 Å². The number of imidazole rings is 1. The predicted molar refractivity (Wildman–Crippen MR) is 119 cm³/mol. The first-order valence-corrected chi connectivity index (χ1v) is 11.4. The van der Waals surface area contributed by atoms with E-state index in [-0.39, 0.29) is 11.7 Å². The monoisotopic (exact) mass is 415 g/mol. The van der Waals surface area contributed by atoms with Gasteiger partial charge >= 0.3 is 0 Å². The summed E-state index contributed by atoms with van der Waals surface area (Å²) in [5.41, 5.74) is 5.40. The molecule has 0 bridgehead atoms. The first-order valence-electron chi connectivity index (χ1n) is 11.4. The number of hydrogen-bond acceptors (Lipinski definition) is 3. The lowest BCUT2D eigenvalue weighted by atomic mass is 9.75. The van der Waals surface area contributed by atoms with Gasteiger partial charge in [0, 0.05) is 11.6 Å². The summed E-state index contributed by atoms with van der Waals surface area (Å²) in [7, 11) is 0. The van der Waals surface area contributed by atoms with E-state index in [0.29, 0.717) is 11.8 Å². The molecule has 31 heavy (non-hydrogen) atoms. The molecule has 2 fully saturated rings. The molecule has 0 unspecified atom stereocenters. The largest absolute Gasteiger partial charge is 0.387 e. The van der Waals surface area contributed by atoms with Gasteiger partial charge in [-0.15, -0.1) is 0 Å². The van der Waals surface area contributed by atoms with Crippen molar-refractivity contribution in [2.45, 2.75) is 56.5 Å². The molecule has 1 aromatic carbocycles. The van der Waals surface area contributed by atoms with Crippen LogP contribution in [0.5, 0.6) is 0 Å². The SMILES string of the molecule is O[C@@H](c1c(C2CC2)ccc2cncn12)C1CCC(c2ccnc3ccc(F)cc23)CC1. The fourth-order valence-electron chi connectivity index (χ4n) is 5.55. The van der Waals surface area contributed by atoms with Crippen LogP contribution in [0.25, 0.3) is 16.4 Å².